The third-order valence-corrected chi connectivity index (χ3v) is 2.29. The number of guanidine groups is 1. The molecule has 0 amide bonds. The molecule has 1 aromatic carbocycles. The van der Waals surface area contributed by atoms with Crippen molar-refractivity contribution in [3.63, 3.8) is 0 Å². The van der Waals surface area contributed by atoms with E-state index < -0.39 is 0 Å². The molecule has 18 heavy (non-hydrogen) atoms. The Morgan fingerprint density at radius 1 is 1.17 bits per heavy atom. The lowest BCUT2D eigenvalue weighted by molar-refractivity contribution is 0.410. The fourth-order valence-corrected chi connectivity index (χ4v) is 1.51. The molecule has 0 aliphatic rings. The summed E-state index contributed by atoms with van der Waals surface area (Å²) >= 11 is 0. The van der Waals surface area contributed by atoms with Crippen molar-refractivity contribution >= 4 is 29.9 Å². The number of methoxy groups -OCH3 is 1. The van der Waals surface area contributed by atoms with Gasteiger partial charge in [-0.05, 0) is 19.9 Å². The van der Waals surface area contributed by atoms with Gasteiger partial charge in [-0.25, -0.2) is 4.99 Å². The van der Waals surface area contributed by atoms with Gasteiger partial charge in [0.15, 0.2) is 5.96 Å². The molecular formula is C13H22IN3O. The summed E-state index contributed by atoms with van der Waals surface area (Å²) < 4.78 is 5.29. The maximum absolute atomic E-state index is 5.29. The van der Waals surface area contributed by atoms with Crippen molar-refractivity contribution in [1.29, 1.82) is 0 Å². The Bertz CT molecular complexity index is 361. The van der Waals surface area contributed by atoms with Crippen LogP contribution in [0.25, 0.3) is 0 Å². The summed E-state index contributed by atoms with van der Waals surface area (Å²) in [5.41, 5.74) is 1.09. The number of ether oxygens (including phenoxy) is 1. The van der Waals surface area contributed by atoms with Crippen LogP contribution in [0.1, 0.15) is 19.4 Å². The number of para-hydroxylation sites is 1. The summed E-state index contributed by atoms with van der Waals surface area (Å²) in [6.07, 6.45) is 0. The van der Waals surface area contributed by atoms with Gasteiger partial charge in [0, 0.05) is 18.7 Å². The fraction of sp³-hybridized carbons (Fsp3) is 0.462. The standard InChI is InChI=1S/C13H21N3O.HI/c1-4-14-13(15-5-2)16-10-11-8-6-7-9-12(11)17-3;/h6-9H,4-5,10H2,1-3H3,(H2,14,15,16);1H. The van der Waals surface area contributed by atoms with Crippen molar-refractivity contribution in [1.82, 2.24) is 10.6 Å². The minimum absolute atomic E-state index is 0. The van der Waals surface area contributed by atoms with Crippen molar-refractivity contribution in [2.45, 2.75) is 20.4 Å². The van der Waals surface area contributed by atoms with E-state index in [1.807, 2.05) is 24.3 Å². The van der Waals surface area contributed by atoms with Crippen LogP contribution in [0, 0.1) is 0 Å². The Labute approximate surface area is 126 Å². The summed E-state index contributed by atoms with van der Waals surface area (Å²) in [6.45, 7) is 6.43. The van der Waals surface area contributed by atoms with Crippen LogP contribution in [0.3, 0.4) is 0 Å². The van der Waals surface area contributed by atoms with Crippen LogP contribution in [-0.2, 0) is 6.54 Å². The highest BCUT2D eigenvalue weighted by molar-refractivity contribution is 14.0. The Morgan fingerprint density at radius 3 is 2.33 bits per heavy atom. The van der Waals surface area contributed by atoms with Crippen LogP contribution in [0.4, 0.5) is 0 Å². The topological polar surface area (TPSA) is 45.7 Å². The van der Waals surface area contributed by atoms with Crippen LogP contribution in [-0.4, -0.2) is 26.2 Å². The van der Waals surface area contributed by atoms with Crippen LogP contribution in [0.15, 0.2) is 29.3 Å². The predicted octanol–water partition coefficient (Wildman–Crippen LogP) is 2.39. The van der Waals surface area contributed by atoms with Crippen LogP contribution < -0.4 is 15.4 Å². The quantitative estimate of drug-likeness (QED) is 0.480. The molecular weight excluding hydrogens is 341 g/mol. The normalized spacial score (nSPS) is 9.06. The maximum atomic E-state index is 5.29. The molecule has 0 saturated heterocycles. The molecule has 0 aliphatic carbocycles. The Kier molecular flexibility index (Phi) is 9.45. The molecule has 0 atom stereocenters. The van der Waals surface area contributed by atoms with Gasteiger partial charge in [0.25, 0.3) is 0 Å². The second-order valence-corrected chi connectivity index (χ2v) is 3.54. The van der Waals surface area contributed by atoms with E-state index in [-0.39, 0.29) is 24.0 Å². The van der Waals surface area contributed by atoms with Gasteiger partial charge in [-0.15, -0.1) is 24.0 Å². The zero-order valence-electron chi connectivity index (χ0n) is 11.2. The smallest absolute Gasteiger partial charge is 0.191 e. The molecule has 0 spiro atoms. The van der Waals surface area contributed by atoms with E-state index in [4.69, 9.17) is 4.74 Å². The predicted molar refractivity (Wildman–Crippen MR) is 86.9 cm³/mol. The Balaban J connectivity index is 0.00000289. The van der Waals surface area contributed by atoms with E-state index in [1.54, 1.807) is 7.11 Å². The molecule has 2 N–H and O–H groups in total. The van der Waals surface area contributed by atoms with Gasteiger partial charge >= 0.3 is 0 Å². The molecule has 0 radical (unpaired) electrons. The fourth-order valence-electron chi connectivity index (χ4n) is 1.51. The molecule has 4 nitrogen and oxygen atoms in total. The maximum Gasteiger partial charge on any atom is 0.191 e. The van der Waals surface area contributed by atoms with Gasteiger partial charge in [-0.2, -0.15) is 0 Å². The first-order chi connectivity index (χ1) is 8.31. The van der Waals surface area contributed by atoms with E-state index in [9.17, 15) is 0 Å². The van der Waals surface area contributed by atoms with Gasteiger partial charge in [-0.1, -0.05) is 18.2 Å². The van der Waals surface area contributed by atoms with Gasteiger partial charge in [0.05, 0.1) is 13.7 Å². The van der Waals surface area contributed by atoms with Crippen LogP contribution in [0.5, 0.6) is 5.75 Å². The minimum Gasteiger partial charge on any atom is -0.496 e. The Hall–Kier alpha value is -0.980. The van der Waals surface area contributed by atoms with E-state index in [0.29, 0.717) is 6.54 Å². The summed E-state index contributed by atoms with van der Waals surface area (Å²) in [5.74, 6) is 1.71. The van der Waals surface area contributed by atoms with Crippen molar-refractivity contribution in [2.24, 2.45) is 4.99 Å². The second-order valence-electron chi connectivity index (χ2n) is 3.54. The number of benzene rings is 1. The molecule has 102 valence electrons. The van der Waals surface area contributed by atoms with Gasteiger partial charge in [-0.3, -0.25) is 0 Å². The molecule has 0 heterocycles. The lowest BCUT2D eigenvalue weighted by Crippen LogP contribution is -2.36. The molecule has 0 unspecified atom stereocenters. The first-order valence-corrected chi connectivity index (χ1v) is 5.95. The number of nitrogens with one attached hydrogen (secondary N) is 2. The number of hydrogen-bond donors (Lipinski definition) is 2. The number of halogens is 1. The zero-order valence-corrected chi connectivity index (χ0v) is 13.5. The minimum atomic E-state index is 0. The number of aliphatic imine (C=N–C) groups is 1. The summed E-state index contributed by atoms with van der Waals surface area (Å²) in [6, 6.07) is 7.93. The molecule has 1 rings (SSSR count). The number of nitrogens with zero attached hydrogens (tertiary/aromatic N) is 1. The summed E-state index contributed by atoms with van der Waals surface area (Å²) in [4.78, 5) is 4.50. The zero-order chi connectivity index (χ0) is 12.5. The molecule has 0 saturated carbocycles. The van der Waals surface area contributed by atoms with E-state index in [1.165, 1.54) is 0 Å². The molecule has 1 aromatic rings. The molecule has 5 heteroatoms. The van der Waals surface area contributed by atoms with E-state index in [0.717, 1.165) is 30.4 Å². The summed E-state index contributed by atoms with van der Waals surface area (Å²) in [5, 5.41) is 6.38. The largest absolute Gasteiger partial charge is 0.496 e. The van der Waals surface area contributed by atoms with Gasteiger partial charge < -0.3 is 15.4 Å². The van der Waals surface area contributed by atoms with E-state index >= 15 is 0 Å². The number of rotatable bonds is 5. The molecule has 0 bridgehead atoms. The Morgan fingerprint density at radius 2 is 1.78 bits per heavy atom. The van der Waals surface area contributed by atoms with Gasteiger partial charge in [0.1, 0.15) is 5.75 Å². The lowest BCUT2D eigenvalue weighted by atomic mass is 10.2. The highest BCUT2D eigenvalue weighted by Gasteiger charge is 2.01. The van der Waals surface area contributed by atoms with Crippen molar-refractivity contribution in [3.05, 3.63) is 29.8 Å². The van der Waals surface area contributed by atoms with Crippen molar-refractivity contribution in [2.75, 3.05) is 20.2 Å². The van der Waals surface area contributed by atoms with Crippen LogP contribution in [0.2, 0.25) is 0 Å². The SMILES string of the molecule is CCNC(=NCc1ccccc1OC)NCC.I. The third kappa shape index (κ3) is 5.57. The van der Waals surface area contributed by atoms with Crippen molar-refractivity contribution in [3.8, 4) is 5.75 Å². The highest BCUT2D eigenvalue weighted by atomic mass is 127. The average Bonchev–Trinajstić information content (AvgIpc) is 2.37. The molecule has 0 aromatic heterocycles. The average molecular weight is 363 g/mol. The van der Waals surface area contributed by atoms with E-state index in [2.05, 4.69) is 29.5 Å². The summed E-state index contributed by atoms with van der Waals surface area (Å²) in [7, 11) is 1.68. The first-order valence-electron chi connectivity index (χ1n) is 5.95. The first kappa shape index (κ1) is 17.0. The molecule has 0 fully saturated rings. The lowest BCUT2D eigenvalue weighted by Gasteiger charge is -2.10. The highest BCUT2D eigenvalue weighted by Crippen LogP contribution is 2.17. The van der Waals surface area contributed by atoms with Crippen molar-refractivity contribution < 1.29 is 4.74 Å². The van der Waals surface area contributed by atoms with Gasteiger partial charge in [0.2, 0.25) is 0 Å². The molecule has 0 aliphatic heterocycles. The monoisotopic (exact) mass is 363 g/mol. The number of hydrogen-bond acceptors (Lipinski definition) is 2. The third-order valence-electron chi connectivity index (χ3n) is 2.29. The van der Waals surface area contributed by atoms with Crippen LogP contribution >= 0.6 is 24.0 Å². The second kappa shape index (κ2) is 9.99.